The van der Waals surface area contributed by atoms with Crippen LogP contribution in [-0.4, -0.2) is 33.4 Å². The zero-order valence-electron chi connectivity index (χ0n) is 19.7. The number of aromatic carboxylic acids is 1. The van der Waals surface area contributed by atoms with Crippen molar-refractivity contribution in [3.8, 4) is 0 Å². The summed E-state index contributed by atoms with van der Waals surface area (Å²) in [5.74, 6) is -0.618. The van der Waals surface area contributed by atoms with Gasteiger partial charge in [-0.05, 0) is 67.6 Å². The van der Waals surface area contributed by atoms with E-state index >= 15 is 0 Å². The maximum atomic E-state index is 12.6. The van der Waals surface area contributed by atoms with Crippen molar-refractivity contribution in [3.63, 3.8) is 0 Å². The number of hydrogen-bond donors (Lipinski definition) is 2. The molecule has 1 fully saturated rings. The SMILES string of the molecule is CC(C)(C)CCCC(=O)c1ccc(C2C(CCCc3ccc(C(=O)O)s3)[C@H](Cl)C[C@H]2O)cc1. The van der Waals surface area contributed by atoms with Crippen molar-refractivity contribution in [2.45, 2.75) is 83.1 Å². The monoisotopic (exact) mass is 490 g/mol. The van der Waals surface area contributed by atoms with Crippen LogP contribution in [0.1, 0.15) is 95.7 Å². The number of aliphatic hydroxyl groups is 1. The molecule has 1 aromatic carbocycles. The quantitative estimate of drug-likeness (QED) is 0.279. The smallest absolute Gasteiger partial charge is 0.345 e. The van der Waals surface area contributed by atoms with Crippen molar-refractivity contribution < 1.29 is 19.8 Å². The molecule has 1 aliphatic carbocycles. The van der Waals surface area contributed by atoms with Crippen LogP contribution >= 0.6 is 22.9 Å². The fraction of sp³-hybridized carbons (Fsp3) is 0.556. The zero-order chi connectivity index (χ0) is 24.2. The molecular weight excluding hydrogens is 456 g/mol. The molecule has 180 valence electrons. The molecule has 2 aromatic rings. The second-order valence-electron chi connectivity index (χ2n) is 10.4. The molecule has 4 nitrogen and oxygen atoms in total. The Kier molecular flexibility index (Phi) is 8.76. The number of thiophene rings is 1. The van der Waals surface area contributed by atoms with Crippen LogP contribution in [0.3, 0.4) is 0 Å². The number of hydrogen-bond acceptors (Lipinski definition) is 4. The van der Waals surface area contributed by atoms with Gasteiger partial charge in [0.05, 0.1) is 6.10 Å². The predicted octanol–water partition coefficient (Wildman–Crippen LogP) is 6.94. The number of rotatable bonds is 10. The first-order chi connectivity index (χ1) is 15.5. The van der Waals surface area contributed by atoms with E-state index in [1.54, 1.807) is 6.07 Å². The Labute approximate surface area is 206 Å². The van der Waals surface area contributed by atoms with Crippen LogP contribution in [-0.2, 0) is 6.42 Å². The number of alkyl halides is 1. The molecule has 1 aromatic heterocycles. The summed E-state index contributed by atoms with van der Waals surface area (Å²) in [6.45, 7) is 6.56. The number of Topliss-reactive ketones (excluding diaryl/α,β-unsaturated/α-hetero) is 1. The maximum Gasteiger partial charge on any atom is 0.345 e. The summed E-state index contributed by atoms with van der Waals surface area (Å²) < 4.78 is 0. The molecule has 1 heterocycles. The van der Waals surface area contributed by atoms with Gasteiger partial charge >= 0.3 is 5.97 Å². The molecule has 0 spiro atoms. The molecule has 2 unspecified atom stereocenters. The van der Waals surface area contributed by atoms with E-state index in [2.05, 4.69) is 20.8 Å². The van der Waals surface area contributed by atoms with Gasteiger partial charge in [0.2, 0.25) is 0 Å². The van der Waals surface area contributed by atoms with Crippen molar-refractivity contribution >= 4 is 34.7 Å². The lowest BCUT2D eigenvalue weighted by Gasteiger charge is -2.24. The second-order valence-corrected chi connectivity index (χ2v) is 12.2. The number of aliphatic hydroxyl groups excluding tert-OH is 1. The predicted molar refractivity (Wildman–Crippen MR) is 135 cm³/mol. The molecule has 6 heteroatoms. The van der Waals surface area contributed by atoms with Crippen molar-refractivity contribution in [3.05, 3.63) is 57.3 Å². The third-order valence-electron chi connectivity index (χ3n) is 6.59. The van der Waals surface area contributed by atoms with Gasteiger partial charge in [-0.3, -0.25) is 4.79 Å². The lowest BCUT2D eigenvalue weighted by molar-refractivity contribution is 0.0701. The Morgan fingerprint density at radius 3 is 2.39 bits per heavy atom. The average Bonchev–Trinajstić information content (AvgIpc) is 3.32. The van der Waals surface area contributed by atoms with E-state index in [-0.39, 0.29) is 28.4 Å². The Morgan fingerprint density at radius 2 is 1.79 bits per heavy atom. The number of benzene rings is 1. The maximum absolute atomic E-state index is 12.6. The van der Waals surface area contributed by atoms with Crippen molar-refractivity contribution in [1.29, 1.82) is 0 Å². The van der Waals surface area contributed by atoms with Gasteiger partial charge in [0.1, 0.15) is 4.88 Å². The summed E-state index contributed by atoms with van der Waals surface area (Å²) in [6, 6.07) is 11.3. The number of carbonyl (C=O) groups excluding carboxylic acids is 1. The molecule has 0 bridgehead atoms. The number of ketones is 1. The largest absolute Gasteiger partial charge is 0.477 e. The summed E-state index contributed by atoms with van der Waals surface area (Å²) in [4.78, 5) is 25.1. The minimum Gasteiger partial charge on any atom is -0.477 e. The molecule has 0 radical (unpaired) electrons. The van der Waals surface area contributed by atoms with E-state index in [9.17, 15) is 14.7 Å². The summed E-state index contributed by atoms with van der Waals surface area (Å²) >= 11 is 7.95. The highest BCUT2D eigenvalue weighted by atomic mass is 35.5. The van der Waals surface area contributed by atoms with Crippen molar-refractivity contribution in [1.82, 2.24) is 0 Å². The Hall–Kier alpha value is -1.69. The highest BCUT2D eigenvalue weighted by Crippen LogP contribution is 2.45. The molecule has 1 saturated carbocycles. The van der Waals surface area contributed by atoms with Gasteiger partial charge in [-0.2, -0.15) is 0 Å². The van der Waals surface area contributed by atoms with Crippen LogP contribution in [0, 0.1) is 11.3 Å². The van der Waals surface area contributed by atoms with Gasteiger partial charge in [-0.1, -0.05) is 45.0 Å². The Morgan fingerprint density at radius 1 is 1.09 bits per heavy atom. The Balaban J connectivity index is 1.59. The molecular formula is C27H35ClO4S. The first-order valence-corrected chi connectivity index (χ1v) is 13.1. The van der Waals surface area contributed by atoms with E-state index in [1.165, 1.54) is 11.3 Å². The Bertz CT molecular complexity index is 944. The lowest BCUT2D eigenvalue weighted by Crippen LogP contribution is -2.19. The number of carbonyl (C=O) groups is 2. The number of carboxylic acids is 1. The van der Waals surface area contributed by atoms with Gasteiger partial charge in [-0.15, -0.1) is 22.9 Å². The second kappa shape index (κ2) is 11.2. The van der Waals surface area contributed by atoms with E-state index < -0.39 is 12.1 Å². The van der Waals surface area contributed by atoms with Crippen LogP contribution in [0.25, 0.3) is 0 Å². The van der Waals surface area contributed by atoms with Gasteiger partial charge in [0.15, 0.2) is 5.78 Å². The zero-order valence-corrected chi connectivity index (χ0v) is 21.3. The first kappa shape index (κ1) is 25.9. The molecule has 0 saturated heterocycles. The fourth-order valence-electron chi connectivity index (χ4n) is 4.85. The van der Waals surface area contributed by atoms with Crippen molar-refractivity contribution in [2.75, 3.05) is 0 Å². The van der Waals surface area contributed by atoms with Gasteiger partial charge < -0.3 is 10.2 Å². The summed E-state index contributed by atoms with van der Waals surface area (Å²) in [7, 11) is 0. The standard InChI is InChI=1S/C27H35ClO4S/c1-27(2,3)15-5-8-22(29)17-9-11-18(12-10-17)25-20(21(28)16-23(25)30)7-4-6-19-13-14-24(33-19)26(31)32/h9-14,20-21,23,25,30H,4-8,15-16H2,1-3H3,(H,31,32)/t20?,21-,23-,25?/m1/s1. The van der Waals surface area contributed by atoms with Crippen LogP contribution in [0.4, 0.5) is 0 Å². The van der Waals surface area contributed by atoms with Gasteiger partial charge in [0.25, 0.3) is 0 Å². The van der Waals surface area contributed by atoms with Gasteiger partial charge in [-0.25, -0.2) is 4.79 Å². The molecule has 3 rings (SSSR count). The van der Waals surface area contributed by atoms with E-state index in [1.807, 2.05) is 30.3 Å². The lowest BCUT2D eigenvalue weighted by atomic mass is 9.83. The third-order valence-corrected chi connectivity index (χ3v) is 8.22. The van der Waals surface area contributed by atoms with Crippen LogP contribution in [0.2, 0.25) is 0 Å². The first-order valence-electron chi connectivity index (χ1n) is 11.8. The summed E-state index contributed by atoms with van der Waals surface area (Å²) in [6.07, 6.45) is 5.10. The summed E-state index contributed by atoms with van der Waals surface area (Å²) in [5.41, 5.74) is 2.00. The number of aryl methyl sites for hydroxylation is 1. The van der Waals surface area contributed by atoms with E-state index in [0.717, 1.165) is 48.1 Å². The molecule has 1 aliphatic rings. The number of halogens is 1. The topological polar surface area (TPSA) is 74.6 Å². The molecule has 4 atom stereocenters. The highest BCUT2D eigenvalue weighted by molar-refractivity contribution is 7.13. The third kappa shape index (κ3) is 7.14. The van der Waals surface area contributed by atoms with Crippen LogP contribution in [0.15, 0.2) is 36.4 Å². The minimum absolute atomic E-state index is 0.0459. The van der Waals surface area contributed by atoms with E-state index in [4.69, 9.17) is 16.7 Å². The normalized spacial score (nSPS) is 23.1. The summed E-state index contributed by atoms with van der Waals surface area (Å²) in [5, 5.41) is 19.7. The van der Waals surface area contributed by atoms with Crippen molar-refractivity contribution in [2.24, 2.45) is 11.3 Å². The molecule has 33 heavy (non-hydrogen) atoms. The molecule has 2 N–H and O–H groups in total. The molecule has 0 amide bonds. The number of carboxylic acid groups (broad SMARTS) is 1. The van der Waals surface area contributed by atoms with Crippen LogP contribution in [0.5, 0.6) is 0 Å². The molecule has 0 aliphatic heterocycles. The fourth-order valence-corrected chi connectivity index (χ4v) is 6.20. The average molecular weight is 491 g/mol. The highest BCUT2D eigenvalue weighted by Gasteiger charge is 2.41. The van der Waals surface area contributed by atoms with Gasteiger partial charge in [0, 0.05) is 28.2 Å². The van der Waals surface area contributed by atoms with E-state index in [0.29, 0.717) is 17.7 Å². The minimum atomic E-state index is -0.887. The van der Waals surface area contributed by atoms with Crippen LogP contribution < -0.4 is 0 Å².